The maximum absolute atomic E-state index is 12.3. The van der Waals surface area contributed by atoms with E-state index >= 15 is 0 Å². The van der Waals surface area contributed by atoms with Gasteiger partial charge in [-0.15, -0.1) is 0 Å². The van der Waals surface area contributed by atoms with Crippen molar-refractivity contribution in [3.8, 4) is 0 Å². The lowest BCUT2D eigenvalue weighted by Crippen LogP contribution is -2.44. The third-order valence-corrected chi connectivity index (χ3v) is 6.87. The number of benzene rings is 2. The van der Waals surface area contributed by atoms with Crippen molar-refractivity contribution < 1.29 is 8.42 Å². The Morgan fingerprint density at radius 3 is 2.22 bits per heavy atom. The van der Waals surface area contributed by atoms with Gasteiger partial charge >= 0.3 is 0 Å². The second-order valence-corrected chi connectivity index (χ2v) is 9.59. The maximum atomic E-state index is 12.3. The second-order valence-electron chi connectivity index (χ2n) is 6.91. The number of hydrogen-bond donors (Lipinski definition) is 1. The van der Waals surface area contributed by atoms with E-state index in [1.54, 1.807) is 24.3 Å². The van der Waals surface area contributed by atoms with Crippen molar-refractivity contribution in [3.05, 3.63) is 58.6 Å². The van der Waals surface area contributed by atoms with Gasteiger partial charge in [-0.25, -0.2) is 13.1 Å². The topological polar surface area (TPSA) is 52.6 Å². The molecular formula is C20H26BrN3O2S. The van der Waals surface area contributed by atoms with Crippen LogP contribution in [0.2, 0.25) is 0 Å². The number of nitrogens with one attached hydrogen (secondary N) is 1. The summed E-state index contributed by atoms with van der Waals surface area (Å²) in [7, 11) is -1.28. The van der Waals surface area contributed by atoms with Crippen molar-refractivity contribution >= 4 is 31.6 Å². The summed E-state index contributed by atoms with van der Waals surface area (Å²) in [6, 6.07) is 15.3. The van der Waals surface area contributed by atoms with Gasteiger partial charge in [-0.1, -0.05) is 28.1 Å². The van der Waals surface area contributed by atoms with Crippen molar-refractivity contribution in [1.29, 1.82) is 0 Å². The summed E-state index contributed by atoms with van der Waals surface area (Å²) < 4.78 is 28.1. The fourth-order valence-corrected chi connectivity index (χ4v) is 4.47. The van der Waals surface area contributed by atoms with Crippen LogP contribution in [0.5, 0.6) is 0 Å². The molecule has 1 aliphatic rings. The quantitative estimate of drug-likeness (QED) is 0.656. The predicted octanol–water partition coefficient (Wildman–Crippen LogP) is 3.11. The van der Waals surface area contributed by atoms with Crippen LogP contribution in [0.15, 0.2) is 57.9 Å². The Labute approximate surface area is 170 Å². The van der Waals surface area contributed by atoms with E-state index in [2.05, 4.69) is 61.8 Å². The lowest BCUT2D eigenvalue weighted by atomic mass is 10.1. The van der Waals surface area contributed by atoms with Crippen molar-refractivity contribution in [2.45, 2.75) is 17.7 Å². The molecule has 0 bridgehead atoms. The van der Waals surface area contributed by atoms with Gasteiger partial charge in [-0.3, -0.25) is 0 Å². The molecular weight excluding hydrogens is 426 g/mol. The molecule has 5 nitrogen and oxygen atoms in total. The first-order valence-corrected chi connectivity index (χ1v) is 11.5. The van der Waals surface area contributed by atoms with Gasteiger partial charge in [0, 0.05) is 42.9 Å². The zero-order valence-corrected chi connectivity index (χ0v) is 18.0. The average molecular weight is 452 g/mol. The Kier molecular flexibility index (Phi) is 6.92. The van der Waals surface area contributed by atoms with Crippen molar-refractivity contribution in [1.82, 2.24) is 9.62 Å². The molecule has 2 aromatic rings. The van der Waals surface area contributed by atoms with Gasteiger partial charge in [-0.05, 0) is 61.9 Å². The minimum absolute atomic E-state index is 0.294. The van der Waals surface area contributed by atoms with Gasteiger partial charge < -0.3 is 9.80 Å². The molecule has 0 spiro atoms. The normalized spacial score (nSPS) is 15.9. The molecule has 1 aliphatic heterocycles. The molecule has 0 aromatic heterocycles. The predicted molar refractivity (Wildman–Crippen MR) is 114 cm³/mol. The monoisotopic (exact) mass is 451 g/mol. The van der Waals surface area contributed by atoms with Crippen LogP contribution >= 0.6 is 15.9 Å². The van der Waals surface area contributed by atoms with E-state index in [4.69, 9.17) is 0 Å². The van der Waals surface area contributed by atoms with Crippen LogP contribution in [0, 0.1) is 0 Å². The molecule has 1 fully saturated rings. The molecule has 0 unspecified atom stereocenters. The Balaban J connectivity index is 1.45. The summed E-state index contributed by atoms with van der Waals surface area (Å²) in [5, 5.41) is 0. The molecule has 27 heavy (non-hydrogen) atoms. The third-order valence-electron chi connectivity index (χ3n) is 4.86. The van der Waals surface area contributed by atoms with Crippen molar-refractivity contribution in [3.63, 3.8) is 0 Å². The zero-order valence-electron chi connectivity index (χ0n) is 15.6. The highest BCUT2D eigenvalue weighted by molar-refractivity contribution is 9.10. The average Bonchev–Trinajstić information content (AvgIpc) is 2.67. The van der Waals surface area contributed by atoms with E-state index in [0.29, 0.717) is 11.4 Å². The molecule has 0 radical (unpaired) electrons. The minimum Gasteiger partial charge on any atom is -0.369 e. The van der Waals surface area contributed by atoms with Gasteiger partial charge in [0.05, 0.1) is 4.90 Å². The van der Waals surface area contributed by atoms with Gasteiger partial charge in [0.1, 0.15) is 0 Å². The first-order chi connectivity index (χ1) is 12.9. The van der Waals surface area contributed by atoms with Gasteiger partial charge in [0.2, 0.25) is 10.0 Å². The number of piperazine rings is 1. The summed E-state index contributed by atoms with van der Waals surface area (Å²) in [4.78, 5) is 5.05. The van der Waals surface area contributed by atoms with Crippen LogP contribution in [0.1, 0.15) is 12.0 Å². The summed E-state index contributed by atoms with van der Waals surface area (Å²) in [6.45, 7) is 4.75. The molecule has 146 valence electrons. The number of sulfonamides is 1. The Hall–Kier alpha value is -1.41. The standard InChI is InChI=1S/C20H26BrN3O2S/c1-23-13-15-24(16-14-23)19-8-4-17(5-9-19)3-2-12-22-27(25,26)20-10-6-18(21)7-11-20/h4-11,22H,2-3,12-16H2,1H3. The SMILES string of the molecule is CN1CCN(c2ccc(CCCNS(=O)(=O)c3ccc(Br)cc3)cc2)CC1. The second kappa shape index (κ2) is 9.19. The molecule has 1 N–H and O–H groups in total. The van der Waals surface area contributed by atoms with Crippen LogP contribution < -0.4 is 9.62 Å². The smallest absolute Gasteiger partial charge is 0.240 e. The van der Waals surface area contributed by atoms with Crippen LogP contribution in [0.4, 0.5) is 5.69 Å². The molecule has 2 aromatic carbocycles. The van der Waals surface area contributed by atoms with Crippen molar-refractivity contribution in [2.75, 3.05) is 44.7 Å². The number of hydrogen-bond acceptors (Lipinski definition) is 4. The van der Waals surface area contributed by atoms with E-state index < -0.39 is 10.0 Å². The summed E-state index contributed by atoms with van der Waals surface area (Å²) in [5.74, 6) is 0. The molecule has 3 rings (SSSR count). The first kappa shape index (κ1) is 20.3. The number of likely N-dealkylation sites (N-methyl/N-ethyl adjacent to an activating group) is 1. The molecule has 0 aliphatic carbocycles. The lowest BCUT2D eigenvalue weighted by Gasteiger charge is -2.34. The van der Waals surface area contributed by atoms with E-state index in [-0.39, 0.29) is 0 Å². The van der Waals surface area contributed by atoms with E-state index in [9.17, 15) is 8.42 Å². The molecule has 1 saturated heterocycles. The number of rotatable bonds is 7. The Morgan fingerprint density at radius 2 is 1.59 bits per heavy atom. The largest absolute Gasteiger partial charge is 0.369 e. The number of halogens is 1. The lowest BCUT2D eigenvalue weighted by molar-refractivity contribution is 0.313. The van der Waals surface area contributed by atoms with Gasteiger partial charge in [-0.2, -0.15) is 0 Å². The van der Waals surface area contributed by atoms with E-state index in [1.165, 1.54) is 11.3 Å². The third kappa shape index (κ3) is 5.78. The molecule has 0 amide bonds. The van der Waals surface area contributed by atoms with Crippen LogP contribution in [-0.2, 0) is 16.4 Å². The summed E-state index contributed by atoms with van der Waals surface area (Å²) in [5.41, 5.74) is 2.50. The van der Waals surface area contributed by atoms with E-state index in [0.717, 1.165) is 43.5 Å². The minimum atomic E-state index is -3.44. The fourth-order valence-electron chi connectivity index (χ4n) is 3.13. The highest BCUT2D eigenvalue weighted by Crippen LogP contribution is 2.18. The number of nitrogens with zero attached hydrogens (tertiary/aromatic N) is 2. The first-order valence-electron chi connectivity index (χ1n) is 9.22. The van der Waals surface area contributed by atoms with Gasteiger partial charge in [0.15, 0.2) is 0 Å². The summed E-state index contributed by atoms with van der Waals surface area (Å²) in [6.07, 6.45) is 1.62. The van der Waals surface area contributed by atoms with E-state index in [1.807, 2.05) is 0 Å². The van der Waals surface area contributed by atoms with Crippen molar-refractivity contribution in [2.24, 2.45) is 0 Å². The number of anilines is 1. The van der Waals surface area contributed by atoms with Crippen LogP contribution in [0.3, 0.4) is 0 Å². The Morgan fingerprint density at radius 1 is 0.963 bits per heavy atom. The van der Waals surface area contributed by atoms with Crippen LogP contribution in [0.25, 0.3) is 0 Å². The van der Waals surface area contributed by atoms with Gasteiger partial charge in [0.25, 0.3) is 0 Å². The Bertz CT molecular complexity index is 831. The van der Waals surface area contributed by atoms with Crippen LogP contribution in [-0.4, -0.2) is 53.1 Å². The highest BCUT2D eigenvalue weighted by Gasteiger charge is 2.14. The molecule has 1 heterocycles. The molecule has 0 saturated carbocycles. The summed E-state index contributed by atoms with van der Waals surface area (Å²) >= 11 is 3.31. The fraction of sp³-hybridized carbons (Fsp3) is 0.400. The highest BCUT2D eigenvalue weighted by atomic mass is 79.9. The molecule has 7 heteroatoms. The number of aryl methyl sites for hydroxylation is 1. The zero-order chi connectivity index (χ0) is 19.3. The molecule has 0 atom stereocenters. The maximum Gasteiger partial charge on any atom is 0.240 e.